The molecule has 0 saturated carbocycles. The Kier molecular flexibility index (Phi) is 6.04. The SMILES string of the molecule is Cc1cc(Br)ccc1SCC(=O)NCC(C)(O)C(=O)O. The van der Waals surface area contributed by atoms with Gasteiger partial charge in [-0.15, -0.1) is 11.8 Å². The number of benzene rings is 1. The predicted octanol–water partition coefficient (Wildman–Crippen LogP) is 1.80. The van der Waals surface area contributed by atoms with Crippen molar-refractivity contribution < 1.29 is 19.8 Å². The molecular formula is C13H16BrNO4S. The number of carboxylic acids is 1. The van der Waals surface area contributed by atoms with Crippen molar-refractivity contribution in [3.8, 4) is 0 Å². The third-order valence-corrected chi connectivity index (χ3v) is 4.26. The number of hydrogen-bond donors (Lipinski definition) is 3. The molecule has 0 saturated heterocycles. The third-order valence-electron chi connectivity index (χ3n) is 2.59. The lowest BCUT2D eigenvalue weighted by Crippen LogP contribution is -2.46. The molecule has 1 amide bonds. The van der Waals surface area contributed by atoms with Crippen LogP contribution in [0.3, 0.4) is 0 Å². The lowest BCUT2D eigenvalue weighted by atomic mass is 10.1. The van der Waals surface area contributed by atoms with Gasteiger partial charge in [0.1, 0.15) is 0 Å². The highest BCUT2D eigenvalue weighted by Gasteiger charge is 2.30. The van der Waals surface area contributed by atoms with Gasteiger partial charge < -0.3 is 15.5 Å². The maximum Gasteiger partial charge on any atom is 0.337 e. The average molecular weight is 362 g/mol. The van der Waals surface area contributed by atoms with Gasteiger partial charge in [-0.05, 0) is 37.6 Å². The summed E-state index contributed by atoms with van der Waals surface area (Å²) in [5.74, 6) is -1.52. The van der Waals surface area contributed by atoms with Gasteiger partial charge in [-0.1, -0.05) is 15.9 Å². The van der Waals surface area contributed by atoms with Crippen LogP contribution >= 0.6 is 27.7 Å². The van der Waals surface area contributed by atoms with Crippen molar-refractivity contribution in [2.45, 2.75) is 24.3 Å². The largest absolute Gasteiger partial charge is 0.479 e. The van der Waals surface area contributed by atoms with Crippen molar-refractivity contribution in [3.05, 3.63) is 28.2 Å². The second-order valence-electron chi connectivity index (χ2n) is 4.55. The molecule has 0 aromatic heterocycles. The summed E-state index contributed by atoms with van der Waals surface area (Å²) in [5.41, 5.74) is -0.900. The lowest BCUT2D eigenvalue weighted by Gasteiger charge is -2.18. The van der Waals surface area contributed by atoms with E-state index < -0.39 is 11.6 Å². The molecule has 5 nitrogen and oxygen atoms in total. The van der Waals surface area contributed by atoms with E-state index in [1.54, 1.807) is 0 Å². The fourth-order valence-corrected chi connectivity index (χ4v) is 2.63. The molecule has 0 aliphatic rings. The quantitative estimate of drug-likeness (QED) is 0.672. The van der Waals surface area contributed by atoms with Gasteiger partial charge in [0.2, 0.25) is 5.91 Å². The van der Waals surface area contributed by atoms with Gasteiger partial charge in [-0.3, -0.25) is 4.79 Å². The van der Waals surface area contributed by atoms with E-state index in [1.165, 1.54) is 11.8 Å². The Hall–Kier alpha value is -1.05. The van der Waals surface area contributed by atoms with Crippen LogP contribution < -0.4 is 5.32 Å². The number of nitrogens with one attached hydrogen (secondary N) is 1. The van der Waals surface area contributed by atoms with Crippen LogP contribution in [-0.2, 0) is 9.59 Å². The zero-order chi connectivity index (χ0) is 15.3. The molecule has 110 valence electrons. The Morgan fingerprint density at radius 2 is 2.10 bits per heavy atom. The molecule has 3 N–H and O–H groups in total. The number of aliphatic hydroxyl groups is 1. The normalized spacial score (nSPS) is 13.6. The molecule has 0 fully saturated rings. The van der Waals surface area contributed by atoms with Crippen molar-refractivity contribution in [2.24, 2.45) is 0 Å². The van der Waals surface area contributed by atoms with Crippen LogP contribution in [0.25, 0.3) is 0 Å². The first-order chi connectivity index (χ1) is 9.22. The predicted molar refractivity (Wildman–Crippen MR) is 80.9 cm³/mol. The summed E-state index contributed by atoms with van der Waals surface area (Å²) in [5, 5.41) is 20.6. The lowest BCUT2D eigenvalue weighted by molar-refractivity contribution is -0.156. The minimum atomic E-state index is -1.95. The van der Waals surface area contributed by atoms with E-state index in [4.69, 9.17) is 5.11 Å². The van der Waals surface area contributed by atoms with E-state index in [2.05, 4.69) is 21.2 Å². The number of carbonyl (C=O) groups excluding carboxylic acids is 1. The van der Waals surface area contributed by atoms with Gasteiger partial charge in [0.15, 0.2) is 5.60 Å². The molecule has 0 aliphatic heterocycles. The number of hydrogen-bond acceptors (Lipinski definition) is 4. The fourth-order valence-electron chi connectivity index (χ4n) is 1.32. The second-order valence-corrected chi connectivity index (χ2v) is 6.49. The zero-order valence-electron chi connectivity index (χ0n) is 11.1. The Morgan fingerprint density at radius 3 is 2.65 bits per heavy atom. The van der Waals surface area contributed by atoms with Gasteiger partial charge in [-0.2, -0.15) is 0 Å². The number of amides is 1. The third kappa shape index (κ3) is 5.15. The fraction of sp³-hybridized carbons (Fsp3) is 0.385. The molecular weight excluding hydrogens is 346 g/mol. The first kappa shape index (κ1) is 17.0. The van der Waals surface area contributed by atoms with E-state index in [9.17, 15) is 14.7 Å². The van der Waals surface area contributed by atoms with Gasteiger partial charge in [0.05, 0.1) is 12.3 Å². The summed E-state index contributed by atoms with van der Waals surface area (Å²) in [6.45, 7) is 2.77. The standard InChI is InChI=1S/C13H16BrNO4S/c1-8-5-9(14)3-4-10(8)20-6-11(16)15-7-13(2,19)12(17)18/h3-5,19H,6-7H2,1-2H3,(H,15,16)(H,17,18). The van der Waals surface area contributed by atoms with Gasteiger partial charge in [0.25, 0.3) is 0 Å². The first-order valence-electron chi connectivity index (χ1n) is 5.84. The zero-order valence-corrected chi connectivity index (χ0v) is 13.5. The molecule has 0 bridgehead atoms. The van der Waals surface area contributed by atoms with Crippen LogP contribution in [0.4, 0.5) is 0 Å². The van der Waals surface area contributed by atoms with E-state index in [-0.39, 0.29) is 18.2 Å². The Balaban J connectivity index is 2.46. The summed E-state index contributed by atoms with van der Waals surface area (Å²) in [7, 11) is 0. The maximum absolute atomic E-state index is 11.6. The number of halogens is 1. The maximum atomic E-state index is 11.6. The number of carbonyl (C=O) groups is 2. The molecule has 1 rings (SSSR count). The topological polar surface area (TPSA) is 86.6 Å². The van der Waals surface area contributed by atoms with E-state index in [0.29, 0.717) is 0 Å². The van der Waals surface area contributed by atoms with Crippen LogP contribution in [0.15, 0.2) is 27.6 Å². The van der Waals surface area contributed by atoms with Gasteiger partial charge in [-0.25, -0.2) is 4.79 Å². The second kappa shape index (κ2) is 7.10. The number of thioether (sulfide) groups is 1. The molecule has 7 heteroatoms. The van der Waals surface area contributed by atoms with Crippen molar-refractivity contribution in [1.82, 2.24) is 5.32 Å². The minimum Gasteiger partial charge on any atom is -0.479 e. The van der Waals surface area contributed by atoms with Crippen molar-refractivity contribution >= 4 is 39.6 Å². The molecule has 0 radical (unpaired) electrons. The van der Waals surface area contributed by atoms with Gasteiger partial charge in [0, 0.05) is 9.37 Å². The number of carboxylic acid groups (broad SMARTS) is 1. The summed E-state index contributed by atoms with van der Waals surface area (Å²) >= 11 is 4.73. The summed E-state index contributed by atoms with van der Waals surface area (Å²) in [6, 6.07) is 5.75. The van der Waals surface area contributed by atoms with Crippen molar-refractivity contribution in [1.29, 1.82) is 0 Å². The molecule has 1 atom stereocenters. The molecule has 20 heavy (non-hydrogen) atoms. The van der Waals surface area contributed by atoms with Crippen molar-refractivity contribution in [2.75, 3.05) is 12.3 Å². The number of rotatable bonds is 6. The number of aliphatic carboxylic acids is 1. The minimum absolute atomic E-state index is 0.165. The molecule has 1 aromatic rings. The van der Waals surface area contributed by atoms with E-state index in [1.807, 2.05) is 25.1 Å². The molecule has 0 spiro atoms. The smallest absolute Gasteiger partial charge is 0.337 e. The molecule has 1 aromatic carbocycles. The summed E-state index contributed by atoms with van der Waals surface area (Å²) in [4.78, 5) is 23.3. The van der Waals surface area contributed by atoms with Crippen LogP contribution in [0.2, 0.25) is 0 Å². The van der Waals surface area contributed by atoms with Crippen LogP contribution in [-0.4, -0.2) is 40.0 Å². The van der Waals surface area contributed by atoms with E-state index in [0.717, 1.165) is 21.9 Å². The Morgan fingerprint density at radius 1 is 1.45 bits per heavy atom. The average Bonchev–Trinajstić information content (AvgIpc) is 2.35. The van der Waals surface area contributed by atoms with Crippen LogP contribution in [0.1, 0.15) is 12.5 Å². The highest BCUT2D eigenvalue weighted by molar-refractivity contribution is 9.10. The monoisotopic (exact) mass is 361 g/mol. The number of aryl methyl sites for hydroxylation is 1. The first-order valence-corrected chi connectivity index (χ1v) is 7.61. The highest BCUT2D eigenvalue weighted by atomic mass is 79.9. The highest BCUT2D eigenvalue weighted by Crippen LogP contribution is 2.25. The summed E-state index contributed by atoms with van der Waals surface area (Å²) < 4.78 is 0.973. The van der Waals surface area contributed by atoms with Gasteiger partial charge >= 0.3 is 5.97 Å². The van der Waals surface area contributed by atoms with Crippen LogP contribution in [0.5, 0.6) is 0 Å². The van der Waals surface area contributed by atoms with Crippen molar-refractivity contribution in [3.63, 3.8) is 0 Å². The van der Waals surface area contributed by atoms with E-state index >= 15 is 0 Å². The Labute approximate surface area is 129 Å². The van der Waals surface area contributed by atoms with Crippen LogP contribution in [0, 0.1) is 6.92 Å². The molecule has 1 unspecified atom stereocenters. The molecule has 0 heterocycles. The molecule has 0 aliphatic carbocycles. The Bertz CT molecular complexity index is 519. The summed E-state index contributed by atoms with van der Waals surface area (Å²) in [6.07, 6.45) is 0.